The highest BCUT2D eigenvalue weighted by molar-refractivity contribution is 6.16. The lowest BCUT2D eigenvalue weighted by molar-refractivity contribution is -0.132. The third-order valence-corrected chi connectivity index (χ3v) is 5.73. The normalized spacial score (nSPS) is 12.8. The molecule has 1 fully saturated rings. The summed E-state index contributed by atoms with van der Waals surface area (Å²) in [5.74, 6) is -0.954. The number of benzene rings is 1. The van der Waals surface area contributed by atoms with Gasteiger partial charge in [-0.3, -0.25) is 24.2 Å². The quantitative estimate of drug-likeness (QED) is 0.496. The second-order valence-electron chi connectivity index (χ2n) is 8.35. The number of nitrogens with one attached hydrogen (secondary N) is 3. The minimum absolute atomic E-state index is 0.0605. The Hall–Kier alpha value is -4.21. The first-order chi connectivity index (χ1) is 16.2. The van der Waals surface area contributed by atoms with Crippen LogP contribution in [0.15, 0.2) is 42.6 Å². The van der Waals surface area contributed by atoms with Gasteiger partial charge in [0.1, 0.15) is 11.5 Å². The second kappa shape index (κ2) is 9.34. The Bertz CT molecular complexity index is 1270. The molecule has 1 aliphatic carbocycles. The largest absolute Gasteiger partial charge is 0.349 e. The molecular formula is C24H26N6O4. The molecule has 0 saturated heterocycles. The number of hydrogen-bond donors (Lipinski definition) is 3. The lowest BCUT2D eigenvalue weighted by Gasteiger charge is -2.21. The van der Waals surface area contributed by atoms with Crippen LogP contribution < -0.4 is 15.5 Å². The van der Waals surface area contributed by atoms with Crippen LogP contribution in [-0.2, 0) is 9.59 Å². The Balaban J connectivity index is 1.66. The Kier molecular flexibility index (Phi) is 6.31. The number of aromatic nitrogens is 2. The maximum absolute atomic E-state index is 13.0. The van der Waals surface area contributed by atoms with E-state index < -0.39 is 5.91 Å². The number of aromatic amines is 1. The molecule has 4 rings (SSSR count). The summed E-state index contributed by atoms with van der Waals surface area (Å²) >= 11 is 0. The molecule has 0 bridgehead atoms. The Morgan fingerprint density at radius 3 is 2.50 bits per heavy atom. The van der Waals surface area contributed by atoms with E-state index in [0.717, 1.165) is 12.8 Å². The van der Waals surface area contributed by atoms with Gasteiger partial charge in [0.05, 0.1) is 12.1 Å². The molecule has 4 amide bonds. The van der Waals surface area contributed by atoms with Crippen molar-refractivity contribution < 1.29 is 19.2 Å². The lowest BCUT2D eigenvalue weighted by atomic mass is 10.1. The van der Waals surface area contributed by atoms with Crippen molar-refractivity contribution in [2.75, 3.05) is 30.9 Å². The molecule has 34 heavy (non-hydrogen) atoms. The van der Waals surface area contributed by atoms with Gasteiger partial charge in [-0.1, -0.05) is 6.07 Å². The van der Waals surface area contributed by atoms with Gasteiger partial charge >= 0.3 is 0 Å². The summed E-state index contributed by atoms with van der Waals surface area (Å²) in [6.45, 7) is 1.34. The molecule has 2 aromatic heterocycles. The number of anilines is 2. The Morgan fingerprint density at radius 2 is 1.85 bits per heavy atom. The van der Waals surface area contributed by atoms with E-state index in [9.17, 15) is 19.2 Å². The van der Waals surface area contributed by atoms with Gasteiger partial charge in [0.15, 0.2) is 0 Å². The molecule has 10 nitrogen and oxygen atoms in total. The van der Waals surface area contributed by atoms with E-state index in [4.69, 9.17) is 0 Å². The van der Waals surface area contributed by atoms with Crippen molar-refractivity contribution in [3.05, 3.63) is 53.9 Å². The van der Waals surface area contributed by atoms with Gasteiger partial charge in [-0.05, 0) is 43.2 Å². The average Bonchev–Trinajstić information content (AvgIpc) is 3.56. The van der Waals surface area contributed by atoms with Crippen LogP contribution in [0.25, 0.3) is 10.9 Å². The van der Waals surface area contributed by atoms with Crippen LogP contribution in [0, 0.1) is 0 Å². The zero-order chi connectivity index (χ0) is 24.4. The van der Waals surface area contributed by atoms with E-state index in [0.29, 0.717) is 22.2 Å². The molecule has 0 spiro atoms. The molecule has 0 radical (unpaired) electrons. The fraction of sp³-hybridized carbons (Fsp3) is 0.292. The third kappa shape index (κ3) is 4.90. The first-order valence-electron chi connectivity index (χ1n) is 10.9. The highest BCUT2D eigenvalue weighted by Crippen LogP contribution is 2.31. The highest BCUT2D eigenvalue weighted by atomic mass is 16.2. The number of H-pyrrole nitrogens is 1. The van der Waals surface area contributed by atoms with E-state index in [2.05, 4.69) is 20.6 Å². The smallest absolute Gasteiger partial charge is 0.275 e. The molecule has 0 atom stereocenters. The topological polar surface area (TPSA) is 128 Å². The monoisotopic (exact) mass is 462 g/mol. The predicted octanol–water partition coefficient (Wildman–Crippen LogP) is 2.15. The summed E-state index contributed by atoms with van der Waals surface area (Å²) < 4.78 is 0. The zero-order valence-corrected chi connectivity index (χ0v) is 19.2. The minimum atomic E-state index is -0.451. The van der Waals surface area contributed by atoms with E-state index in [1.807, 2.05) is 0 Å². The summed E-state index contributed by atoms with van der Waals surface area (Å²) in [4.78, 5) is 59.7. The summed E-state index contributed by atoms with van der Waals surface area (Å²) in [5.41, 5.74) is 1.69. The van der Waals surface area contributed by atoms with Crippen LogP contribution in [0.5, 0.6) is 0 Å². The molecule has 1 saturated carbocycles. The molecule has 3 N–H and O–H groups in total. The van der Waals surface area contributed by atoms with Gasteiger partial charge in [0.2, 0.25) is 11.8 Å². The fourth-order valence-electron chi connectivity index (χ4n) is 3.45. The maximum atomic E-state index is 13.0. The number of rotatable bonds is 7. The van der Waals surface area contributed by atoms with Crippen molar-refractivity contribution in [2.24, 2.45) is 0 Å². The molecule has 10 heteroatoms. The van der Waals surface area contributed by atoms with Gasteiger partial charge in [0.25, 0.3) is 11.8 Å². The van der Waals surface area contributed by atoms with Crippen molar-refractivity contribution in [3.63, 3.8) is 0 Å². The molecule has 1 aromatic carbocycles. The van der Waals surface area contributed by atoms with Gasteiger partial charge in [-0.25, -0.2) is 0 Å². The summed E-state index contributed by atoms with van der Waals surface area (Å²) in [6, 6.07) is 10.3. The van der Waals surface area contributed by atoms with Crippen molar-refractivity contribution in [1.82, 2.24) is 20.2 Å². The van der Waals surface area contributed by atoms with E-state index >= 15 is 0 Å². The molecule has 0 unspecified atom stereocenters. The number of nitrogens with zero attached hydrogens (tertiary/aromatic N) is 3. The van der Waals surface area contributed by atoms with Gasteiger partial charge in [-0.2, -0.15) is 0 Å². The van der Waals surface area contributed by atoms with Crippen LogP contribution in [0.1, 0.15) is 40.6 Å². The first kappa shape index (κ1) is 23.0. The molecule has 1 aliphatic rings. The number of likely N-dealkylation sites (N-methyl/N-ethyl adjacent to an activating group) is 2. The first-order valence-corrected chi connectivity index (χ1v) is 10.9. The van der Waals surface area contributed by atoms with Crippen molar-refractivity contribution in [2.45, 2.75) is 25.8 Å². The van der Waals surface area contributed by atoms with Crippen LogP contribution >= 0.6 is 0 Å². The second-order valence-corrected chi connectivity index (χ2v) is 8.35. The van der Waals surface area contributed by atoms with Crippen LogP contribution in [0.3, 0.4) is 0 Å². The van der Waals surface area contributed by atoms with Gasteiger partial charge in [0, 0.05) is 49.8 Å². The summed E-state index contributed by atoms with van der Waals surface area (Å²) in [6.07, 6.45) is 3.37. The van der Waals surface area contributed by atoms with Crippen molar-refractivity contribution in [3.8, 4) is 0 Å². The average molecular weight is 463 g/mol. The van der Waals surface area contributed by atoms with Crippen LogP contribution in [-0.4, -0.2) is 65.2 Å². The fourth-order valence-corrected chi connectivity index (χ4v) is 3.45. The van der Waals surface area contributed by atoms with Crippen LogP contribution in [0.2, 0.25) is 0 Å². The summed E-state index contributed by atoms with van der Waals surface area (Å²) in [5, 5.41) is 6.33. The highest BCUT2D eigenvalue weighted by Gasteiger charge is 2.28. The number of fused-ring (bicyclic) bond motifs is 1. The Morgan fingerprint density at radius 1 is 1.09 bits per heavy atom. The number of hydrogen-bond acceptors (Lipinski definition) is 5. The number of pyridine rings is 1. The zero-order valence-electron chi connectivity index (χ0n) is 19.2. The van der Waals surface area contributed by atoms with Crippen molar-refractivity contribution >= 4 is 46.0 Å². The maximum Gasteiger partial charge on any atom is 0.275 e. The standard InChI is InChI=1S/C24H26N6O4/c1-14(31)29(2)13-20(32)30(3)16-9-10-17-19(12-16)27-22(21(17)24(34)26-15-7-8-15)28-23(33)18-6-4-5-11-25-18/h4-6,9-12,15,27H,7-8,13H2,1-3H3,(H,26,34)(H,28,33). The van der Waals surface area contributed by atoms with E-state index in [-0.39, 0.29) is 41.8 Å². The SMILES string of the molecule is CC(=O)N(C)CC(=O)N(C)c1ccc2c(C(=O)NC3CC3)c(NC(=O)c3ccccn3)[nH]c2c1. The number of carbonyl (C=O) groups excluding carboxylic acids is 4. The molecule has 2 heterocycles. The van der Waals surface area contributed by atoms with Crippen LogP contribution in [0.4, 0.5) is 11.5 Å². The summed E-state index contributed by atoms with van der Waals surface area (Å²) in [7, 11) is 3.18. The van der Waals surface area contributed by atoms with E-state index in [1.54, 1.807) is 50.5 Å². The van der Waals surface area contributed by atoms with Gasteiger partial charge < -0.3 is 25.4 Å². The lowest BCUT2D eigenvalue weighted by Crippen LogP contribution is -2.38. The molecular weight excluding hydrogens is 436 g/mol. The minimum Gasteiger partial charge on any atom is -0.349 e. The van der Waals surface area contributed by atoms with E-state index in [1.165, 1.54) is 22.9 Å². The predicted molar refractivity (Wildman–Crippen MR) is 128 cm³/mol. The third-order valence-electron chi connectivity index (χ3n) is 5.73. The Labute approximate surface area is 196 Å². The number of amides is 4. The molecule has 3 aromatic rings. The van der Waals surface area contributed by atoms with Crippen molar-refractivity contribution in [1.29, 1.82) is 0 Å². The van der Waals surface area contributed by atoms with Gasteiger partial charge in [-0.15, -0.1) is 0 Å². The molecule has 0 aliphatic heterocycles. The molecule has 176 valence electrons. The number of carbonyl (C=O) groups is 4.